The van der Waals surface area contributed by atoms with Gasteiger partial charge in [0.2, 0.25) is 0 Å². The molecule has 0 amide bonds. The van der Waals surface area contributed by atoms with Crippen LogP contribution in [0, 0.1) is 5.92 Å². The second-order valence-electron chi connectivity index (χ2n) is 6.95. The molecule has 0 bridgehead atoms. The molecule has 152 valence electrons. The summed E-state index contributed by atoms with van der Waals surface area (Å²) in [4.78, 5) is 25.8. The summed E-state index contributed by atoms with van der Waals surface area (Å²) in [6.07, 6.45) is 13.9. The number of ether oxygens (including phenoxy) is 1. The molecule has 0 saturated heterocycles. The van der Waals surface area contributed by atoms with E-state index in [0.29, 0.717) is 6.61 Å². The highest BCUT2D eigenvalue weighted by Crippen LogP contribution is 2.12. The van der Waals surface area contributed by atoms with Crippen LogP contribution >= 0.6 is 0 Å². The third-order valence-corrected chi connectivity index (χ3v) is 4.39. The number of aliphatic imine (C=N–C) groups is 1. The maximum Gasteiger partial charge on any atom is 0.328 e. The minimum atomic E-state index is -1.11. The van der Waals surface area contributed by atoms with Crippen LogP contribution in [-0.2, 0) is 14.3 Å². The van der Waals surface area contributed by atoms with Gasteiger partial charge in [-0.05, 0) is 12.3 Å². The third-order valence-electron chi connectivity index (χ3n) is 4.39. The number of nitrogens with zero attached hydrogens (tertiary/aromatic N) is 1. The summed E-state index contributed by atoms with van der Waals surface area (Å²) in [6.45, 7) is 4.72. The van der Waals surface area contributed by atoms with Gasteiger partial charge in [0.25, 0.3) is 0 Å². The lowest BCUT2D eigenvalue weighted by Crippen LogP contribution is -2.28. The van der Waals surface area contributed by atoms with Gasteiger partial charge >= 0.3 is 11.9 Å². The summed E-state index contributed by atoms with van der Waals surface area (Å²) in [5.74, 6) is -2.68. The number of rotatable bonds is 18. The van der Waals surface area contributed by atoms with Crippen molar-refractivity contribution >= 4 is 18.2 Å². The topological polar surface area (TPSA) is 96.2 Å². The molecule has 0 aromatic heterocycles. The fourth-order valence-corrected chi connectivity index (χ4v) is 2.83. The van der Waals surface area contributed by atoms with E-state index in [9.17, 15) is 9.59 Å². The number of carboxylic acid groups (broad SMARTS) is 2. The Morgan fingerprint density at radius 1 is 0.962 bits per heavy atom. The van der Waals surface area contributed by atoms with E-state index in [2.05, 4.69) is 11.9 Å². The van der Waals surface area contributed by atoms with Crippen LogP contribution in [0.4, 0.5) is 0 Å². The first-order valence-corrected chi connectivity index (χ1v) is 10.0. The van der Waals surface area contributed by atoms with E-state index >= 15 is 0 Å². The molecule has 0 aliphatic carbocycles. The summed E-state index contributed by atoms with van der Waals surface area (Å²) in [7, 11) is 0. The molecular weight excluding hydrogens is 334 g/mol. The van der Waals surface area contributed by atoms with Gasteiger partial charge in [-0.3, -0.25) is 9.79 Å². The number of aliphatic carboxylic acids is 2. The average molecular weight is 372 g/mol. The molecule has 0 saturated carbocycles. The first-order chi connectivity index (χ1) is 12.5. The van der Waals surface area contributed by atoms with Crippen molar-refractivity contribution in [1.29, 1.82) is 0 Å². The predicted octanol–water partition coefficient (Wildman–Crippen LogP) is 4.56. The van der Waals surface area contributed by atoms with Gasteiger partial charge in [-0.25, -0.2) is 4.79 Å². The van der Waals surface area contributed by atoms with Gasteiger partial charge in [-0.2, -0.15) is 0 Å². The zero-order valence-electron chi connectivity index (χ0n) is 16.5. The lowest BCUT2D eigenvalue weighted by molar-refractivity contribution is -0.141. The minimum Gasteiger partial charge on any atom is -0.481 e. The fraction of sp³-hybridized carbons (Fsp3) is 0.850. The Hall–Kier alpha value is -1.43. The third kappa shape index (κ3) is 14.9. The maximum atomic E-state index is 11.1. The first kappa shape index (κ1) is 24.6. The highest BCUT2D eigenvalue weighted by Gasteiger charge is 2.25. The average Bonchev–Trinajstić information content (AvgIpc) is 2.57. The second kappa shape index (κ2) is 17.0. The van der Waals surface area contributed by atoms with Crippen molar-refractivity contribution in [3.63, 3.8) is 0 Å². The van der Waals surface area contributed by atoms with Gasteiger partial charge in [-0.15, -0.1) is 0 Å². The molecule has 0 fully saturated rings. The molecule has 0 spiro atoms. The lowest BCUT2D eigenvalue weighted by atomic mass is 9.99. The summed E-state index contributed by atoms with van der Waals surface area (Å²) in [5, 5.41) is 17.9. The number of carbonyl (C=O) groups is 2. The van der Waals surface area contributed by atoms with E-state index in [4.69, 9.17) is 14.9 Å². The molecule has 0 heterocycles. The summed E-state index contributed by atoms with van der Waals surface area (Å²) < 4.78 is 5.44. The minimum absolute atomic E-state index is 0.215. The van der Waals surface area contributed by atoms with Crippen molar-refractivity contribution < 1.29 is 24.5 Å². The molecule has 0 rings (SSSR count). The molecule has 0 aromatic carbocycles. The summed E-state index contributed by atoms with van der Waals surface area (Å²) >= 11 is 0. The van der Waals surface area contributed by atoms with Crippen LogP contribution in [0.3, 0.4) is 0 Å². The molecule has 0 aliphatic heterocycles. The van der Waals surface area contributed by atoms with Crippen molar-refractivity contribution in [1.82, 2.24) is 0 Å². The lowest BCUT2D eigenvalue weighted by Gasteiger charge is -2.14. The SMILES string of the molecule is CCCCCCCCCCCCOCC=N[C@H](C(=O)O)[C@@H](C)CC(=O)O. The first-order valence-electron chi connectivity index (χ1n) is 10.0. The highest BCUT2D eigenvalue weighted by atomic mass is 16.5. The van der Waals surface area contributed by atoms with Crippen LogP contribution in [0.25, 0.3) is 0 Å². The standard InChI is InChI=1S/C20H37NO5/c1-3-4-5-6-7-8-9-10-11-12-14-26-15-13-21-19(20(24)25)17(2)16-18(22)23/h13,17,19H,3-12,14-16H2,1-2H3,(H,22,23)(H,24,25)/t17-,19-/m0/s1. The van der Waals surface area contributed by atoms with Gasteiger partial charge in [-0.1, -0.05) is 71.6 Å². The fourth-order valence-electron chi connectivity index (χ4n) is 2.83. The number of unbranched alkanes of at least 4 members (excludes halogenated alkanes) is 9. The van der Waals surface area contributed by atoms with Crippen LogP contribution in [0.2, 0.25) is 0 Å². The summed E-state index contributed by atoms with van der Waals surface area (Å²) in [6, 6.07) is -1.04. The smallest absolute Gasteiger partial charge is 0.328 e. The zero-order valence-corrected chi connectivity index (χ0v) is 16.5. The van der Waals surface area contributed by atoms with Crippen molar-refractivity contribution in [2.75, 3.05) is 13.2 Å². The Kier molecular flexibility index (Phi) is 16.1. The van der Waals surface area contributed by atoms with Gasteiger partial charge in [0.15, 0.2) is 0 Å². The Labute approximate surface area is 158 Å². The van der Waals surface area contributed by atoms with Gasteiger partial charge in [0, 0.05) is 12.8 Å². The molecule has 6 heteroatoms. The van der Waals surface area contributed by atoms with Crippen molar-refractivity contribution in [2.45, 2.75) is 90.5 Å². The van der Waals surface area contributed by atoms with E-state index in [0.717, 1.165) is 12.8 Å². The molecule has 0 unspecified atom stereocenters. The molecular formula is C20H37NO5. The number of hydrogen-bond acceptors (Lipinski definition) is 4. The monoisotopic (exact) mass is 371 g/mol. The van der Waals surface area contributed by atoms with Gasteiger partial charge in [0.05, 0.1) is 13.0 Å². The molecule has 2 N–H and O–H groups in total. The summed E-state index contributed by atoms with van der Waals surface area (Å²) in [5.41, 5.74) is 0. The zero-order chi connectivity index (χ0) is 19.6. The van der Waals surface area contributed by atoms with E-state index in [1.807, 2.05) is 0 Å². The van der Waals surface area contributed by atoms with Gasteiger partial charge in [0.1, 0.15) is 6.04 Å². The normalized spacial score (nSPS) is 13.8. The Morgan fingerprint density at radius 2 is 1.50 bits per heavy atom. The van der Waals surface area contributed by atoms with Crippen LogP contribution in [0.5, 0.6) is 0 Å². The Balaban J connectivity index is 3.61. The van der Waals surface area contributed by atoms with E-state index < -0.39 is 23.9 Å². The predicted molar refractivity (Wildman–Crippen MR) is 104 cm³/mol. The van der Waals surface area contributed by atoms with Gasteiger partial charge < -0.3 is 14.9 Å². The second-order valence-corrected chi connectivity index (χ2v) is 6.95. The highest BCUT2D eigenvalue weighted by molar-refractivity contribution is 5.78. The Bertz CT molecular complexity index is 398. The largest absolute Gasteiger partial charge is 0.481 e. The molecule has 26 heavy (non-hydrogen) atoms. The quantitative estimate of drug-likeness (QED) is 0.272. The van der Waals surface area contributed by atoms with Crippen molar-refractivity contribution in [3.05, 3.63) is 0 Å². The number of hydrogen-bond donors (Lipinski definition) is 2. The van der Waals surface area contributed by atoms with E-state index in [-0.39, 0.29) is 13.0 Å². The van der Waals surface area contributed by atoms with Crippen LogP contribution in [0.1, 0.15) is 84.5 Å². The van der Waals surface area contributed by atoms with Crippen molar-refractivity contribution in [2.24, 2.45) is 10.9 Å². The van der Waals surface area contributed by atoms with E-state index in [1.165, 1.54) is 57.6 Å². The molecule has 0 aliphatic rings. The van der Waals surface area contributed by atoms with Crippen molar-refractivity contribution in [3.8, 4) is 0 Å². The molecule has 0 aromatic rings. The molecule has 6 nitrogen and oxygen atoms in total. The Morgan fingerprint density at radius 3 is 2.00 bits per heavy atom. The van der Waals surface area contributed by atoms with Crippen LogP contribution < -0.4 is 0 Å². The molecule has 2 atom stereocenters. The van der Waals surface area contributed by atoms with Crippen LogP contribution in [-0.4, -0.2) is 47.6 Å². The molecule has 0 radical (unpaired) electrons. The number of carboxylic acids is 2. The van der Waals surface area contributed by atoms with Crippen LogP contribution in [0.15, 0.2) is 4.99 Å². The van der Waals surface area contributed by atoms with E-state index in [1.54, 1.807) is 6.92 Å². The maximum absolute atomic E-state index is 11.1.